The standard InChI is InChI=1S/C18H19FN2O3S/c1-2-24-15-6-5-13(12-14(15)19)17(22)20-7-9-21(10-8-20)18(23)16-4-3-11-25-16/h3-6,11-12H,2,7-10H2,1H3. The fourth-order valence-electron chi connectivity index (χ4n) is 2.76. The Kier molecular flexibility index (Phi) is 5.33. The third-order valence-electron chi connectivity index (χ3n) is 4.06. The molecule has 0 aliphatic carbocycles. The third-order valence-corrected chi connectivity index (χ3v) is 4.92. The first kappa shape index (κ1) is 17.4. The van der Waals surface area contributed by atoms with Crippen LogP contribution in [0.25, 0.3) is 0 Å². The molecule has 1 fully saturated rings. The molecule has 1 aromatic heterocycles. The Morgan fingerprint density at radius 1 is 1.12 bits per heavy atom. The maximum Gasteiger partial charge on any atom is 0.264 e. The van der Waals surface area contributed by atoms with Crippen molar-refractivity contribution in [3.8, 4) is 5.75 Å². The lowest BCUT2D eigenvalue weighted by Crippen LogP contribution is -2.50. The van der Waals surface area contributed by atoms with Gasteiger partial charge in [0.25, 0.3) is 11.8 Å². The summed E-state index contributed by atoms with van der Waals surface area (Å²) < 4.78 is 19.1. The third kappa shape index (κ3) is 3.82. The Bertz CT molecular complexity index is 756. The lowest BCUT2D eigenvalue weighted by Gasteiger charge is -2.34. The second kappa shape index (κ2) is 7.65. The van der Waals surface area contributed by atoms with Gasteiger partial charge in [0.05, 0.1) is 11.5 Å². The summed E-state index contributed by atoms with van der Waals surface area (Å²) in [4.78, 5) is 29.0. The van der Waals surface area contributed by atoms with E-state index in [1.54, 1.807) is 28.9 Å². The normalized spacial score (nSPS) is 14.5. The largest absolute Gasteiger partial charge is 0.491 e. The van der Waals surface area contributed by atoms with Crippen LogP contribution in [-0.4, -0.2) is 54.4 Å². The highest BCUT2D eigenvalue weighted by molar-refractivity contribution is 7.12. The van der Waals surface area contributed by atoms with Gasteiger partial charge in [0.15, 0.2) is 11.6 Å². The lowest BCUT2D eigenvalue weighted by molar-refractivity contribution is 0.0538. The lowest BCUT2D eigenvalue weighted by atomic mass is 10.1. The maximum atomic E-state index is 13.9. The van der Waals surface area contributed by atoms with Gasteiger partial charge in [-0.15, -0.1) is 11.3 Å². The summed E-state index contributed by atoms with van der Waals surface area (Å²) in [5, 5.41) is 1.87. The van der Waals surface area contributed by atoms with Crippen LogP contribution in [0.4, 0.5) is 4.39 Å². The zero-order chi connectivity index (χ0) is 17.8. The first-order chi connectivity index (χ1) is 12.1. The van der Waals surface area contributed by atoms with Gasteiger partial charge >= 0.3 is 0 Å². The molecule has 5 nitrogen and oxygen atoms in total. The van der Waals surface area contributed by atoms with Crippen molar-refractivity contribution in [3.63, 3.8) is 0 Å². The Morgan fingerprint density at radius 2 is 1.80 bits per heavy atom. The molecule has 1 saturated heterocycles. The molecular weight excluding hydrogens is 343 g/mol. The van der Waals surface area contributed by atoms with Crippen LogP contribution in [0, 0.1) is 5.82 Å². The van der Waals surface area contributed by atoms with E-state index >= 15 is 0 Å². The Morgan fingerprint density at radius 3 is 2.36 bits per heavy atom. The van der Waals surface area contributed by atoms with Gasteiger partial charge in [-0.2, -0.15) is 0 Å². The first-order valence-corrected chi connectivity index (χ1v) is 9.02. The fourth-order valence-corrected chi connectivity index (χ4v) is 3.45. The van der Waals surface area contributed by atoms with Crippen molar-refractivity contribution in [1.29, 1.82) is 0 Å². The Hall–Kier alpha value is -2.41. The van der Waals surface area contributed by atoms with E-state index in [-0.39, 0.29) is 17.6 Å². The van der Waals surface area contributed by atoms with Gasteiger partial charge in [0.1, 0.15) is 0 Å². The Labute approximate surface area is 149 Å². The zero-order valence-corrected chi connectivity index (χ0v) is 14.7. The second-order valence-electron chi connectivity index (χ2n) is 5.64. The predicted octanol–water partition coefficient (Wildman–Crippen LogP) is 2.88. The van der Waals surface area contributed by atoms with Crippen LogP contribution < -0.4 is 4.74 Å². The summed E-state index contributed by atoms with van der Waals surface area (Å²) in [6.07, 6.45) is 0. The van der Waals surface area contributed by atoms with Crippen LogP contribution in [-0.2, 0) is 0 Å². The number of carbonyl (C=O) groups excluding carboxylic acids is 2. The van der Waals surface area contributed by atoms with E-state index in [4.69, 9.17) is 4.74 Å². The number of nitrogens with zero attached hydrogens (tertiary/aromatic N) is 2. The van der Waals surface area contributed by atoms with E-state index in [1.807, 2.05) is 11.4 Å². The Balaban J connectivity index is 1.62. The fraction of sp³-hybridized carbons (Fsp3) is 0.333. The molecule has 0 saturated carbocycles. The average Bonchev–Trinajstić information content (AvgIpc) is 3.17. The monoisotopic (exact) mass is 362 g/mol. The minimum atomic E-state index is -0.542. The van der Waals surface area contributed by atoms with Crippen molar-refractivity contribution in [2.75, 3.05) is 32.8 Å². The quantitative estimate of drug-likeness (QED) is 0.840. The second-order valence-corrected chi connectivity index (χ2v) is 6.59. The number of ether oxygens (including phenoxy) is 1. The predicted molar refractivity (Wildman–Crippen MR) is 93.7 cm³/mol. The average molecular weight is 362 g/mol. The van der Waals surface area contributed by atoms with Crippen LogP contribution in [0.5, 0.6) is 5.75 Å². The van der Waals surface area contributed by atoms with E-state index in [2.05, 4.69) is 0 Å². The summed E-state index contributed by atoms with van der Waals surface area (Å²) in [5.41, 5.74) is 0.291. The molecule has 2 heterocycles. The van der Waals surface area contributed by atoms with Crippen molar-refractivity contribution in [3.05, 3.63) is 52.0 Å². The molecule has 1 aromatic carbocycles. The molecule has 0 atom stereocenters. The number of carbonyl (C=O) groups is 2. The number of halogens is 1. The van der Waals surface area contributed by atoms with Gasteiger partial charge in [-0.05, 0) is 36.6 Å². The van der Waals surface area contributed by atoms with Gasteiger partial charge in [0.2, 0.25) is 0 Å². The van der Waals surface area contributed by atoms with Crippen molar-refractivity contribution in [2.24, 2.45) is 0 Å². The van der Waals surface area contributed by atoms with E-state index in [9.17, 15) is 14.0 Å². The molecule has 7 heteroatoms. The van der Waals surface area contributed by atoms with Gasteiger partial charge in [0, 0.05) is 31.7 Å². The van der Waals surface area contributed by atoms with Gasteiger partial charge in [-0.25, -0.2) is 4.39 Å². The molecule has 3 rings (SSSR count). The molecule has 0 spiro atoms. The van der Waals surface area contributed by atoms with Crippen LogP contribution in [0.2, 0.25) is 0 Å². The van der Waals surface area contributed by atoms with Crippen LogP contribution >= 0.6 is 11.3 Å². The van der Waals surface area contributed by atoms with E-state index in [0.29, 0.717) is 43.2 Å². The maximum absolute atomic E-state index is 13.9. The number of rotatable bonds is 4. The van der Waals surface area contributed by atoms with Crippen molar-refractivity contribution >= 4 is 23.2 Å². The summed E-state index contributed by atoms with van der Waals surface area (Å²) in [6.45, 7) is 3.96. The van der Waals surface area contributed by atoms with E-state index in [1.165, 1.54) is 23.5 Å². The van der Waals surface area contributed by atoms with E-state index < -0.39 is 5.82 Å². The molecule has 1 aliphatic heterocycles. The SMILES string of the molecule is CCOc1ccc(C(=O)N2CCN(C(=O)c3cccs3)CC2)cc1F. The van der Waals surface area contributed by atoms with Gasteiger partial charge < -0.3 is 14.5 Å². The molecule has 2 amide bonds. The molecule has 2 aromatic rings. The van der Waals surface area contributed by atoms with Gasteiger partial charge in [-0.3, -0.25) is 9.59 Å². The molecule has 1 aliphatic rings. The first-order valence-electron chi connectivity index (χ1n) is 8.14. The molecular formula is C18H19FN2O3S. The summed E-state index contributed by atoms with van der Waals surface area (Å²) in [6, 6.07) is 7.89. The van der Waals surface area contributed by atoms with Crippen molar-refractivity contribution < 1.29 is 18.7 Å². The molecule has 0 unspecified atom stereocenters. The molecule has 25 heavy (non-hydrogen) atoms. The molecule has 0 bridgehead atoms. The van der Waals surface area contributed by atoms with Crippen molar-refractivity contribution in [2.45, 2.75) is 6.92 Å². The van der Waals surface area contributed by atoms with Gasteiger partial charge in [-0.1, -0.05) is 6.07 Å². The number of benzene rings is 1. The number of hydrogen-bond acceptors (Lipinski definition) is 4. The summed E-state index contributed by atoms with van der Waals surface area (Å²) >= 11 is 1.41. The number of thiophene rings is 1. The summed E-state index contributed by atoms with van der Waals surface area (Å²) in [7, 11) is 0. The summed E-state index contributed by atoms with van der Waals surface area (Å²) in [5.74, 6) is -0.635. The van der Waals surface area contributed by atoms with Crippen LogP contribution in [0.1, 0.15) is 27.0 Å². The van der Waals surface area contributed by atoms with E-state index in [0.717, 1.165) is 0 Å². The van der Waals surface area contributed by atoms with Crippen LogP contribution in [0.15, 0.2) is 35.7 Å². The minimum absolute atomic E-state index is 0.00536. The minimum Gasteiger partial charge on any atom is -0.491 e. The number of piperazine rings is 1. The molecule has 0 radical (unpaired) electrons. The number of amides is 2. The zero-order valence-electron chi connectivity index (χ0n) is 13.9. The molecule has 132 valence electrons. The van der Waals surface area contributed by atoms with Crippen molar-refractivity contribution in [1.82, 2.24) is 9.80 Å². The topological polar surface area (TPSA) is 49.9 Å². The highest BCUT2D eigenvalue weighted by atomic mass is 32.1. The smallest absolute Gasteiger partial charge is 0.264 e. The highest BCUT2D eigenvalue weighted by Crippen LogP contribution is 2.20. The molecule has 0 N–H and O–H groups in total. The van der Waals surface area contributed by atoms with Crippen LogP contribution in [0.3, 0.4) is 0 Å². The number of hydrogen-bond donors (Lipinski definition) is 0. The highest BCUT2D eigenvalue weighted by Gasteiger charge is 2.26.